The molecule has 3 aromatic carbocycles. The van der Waals surface area contributed by atoms with Crippen LogP contribution in [0.25, 0.3) is 5.57 Å². The van der Waals surface area contributed by atoms with Crippen LogP contribution in [0.2, 0.25) is 5.02 Å². The van der Waals surface area contributed by atoms with Crippen molar-refractivity contribution in [2.75, 3.05) is 0 Å². The molecule has 0 unspecified atom stereocenters. The normalized spacial score (nSPS) is 13.6. The van der Waals surface area contributed by atoms with Crippen LogP contribution in [0.5, 0.6) is 5.75 Å². The molecule has 0 bridgehead atoms. The number of rotatable bonds is 4. The van der Waals surface area contributed by atoms with E-state index < -0.39 is 61.6 Å². The Balaban J connectivity index is 1.68. The predicted octanol–water partition coefficient (Wildman–Crippen LogP) is 6.81. The van der Waals surface area contributed by atoms with Crippen molar-refractivity contribution in [3.63, 3.8) is 0 Å². The Hall–Kier alpha value is -3.12. The fourth-order valence-corrected chi connectivity index (χ4v) is 4.73. The van der Waals surface area contributed by atoms with Gasteiger partial charge in [0.1, 0.15) is 4.90 Å². The van der Waals surface area contributed by atoms with E-state index in [1.807, 2.05) is 0 Å². The van der Waals surface area contributed by atoms with E-state index in [0.717, 1.165) is 30.3 Å². The van der Waals surface area contributed by atoms with Gasteiger partial charge in [-0.15, -0.1) is 0 Å². The fourth-order valence-electron chi connectivity index (χ4n) is 3.46. The number of allylic oxidation sites excluding steroid dienone is 1. The number of halogens is 9. The molecule has 13 heteroatoms. The second-order valence-corrected chi connectivity index (χ2v) is 9.22. The first-order valence-corrected chi connectivity index (χ1v) is 11.2. The summed E-state index contributed by atoms with van der Waals surface area (Å²) in [7, 11) is -5.05. The first kappa shape index (κ1) is 25.0. The van der Waals surface area contributed by atoms with Crippen LogP contribution < -0.4 is 4.18 Å². The Bertz CT molecular complexity index is 1490. The average Bonchev–Trinajstić information content (AvgIpc) is 3.22. The quantitative estimate of drug-likeness (QED) is 0.158. The number of hydrogen-bond acceptors (Lipinski definition) is 3. The van der Waals surface area contributed by atoms with Gasteiger partial charge in [0, 0.05) is 10.6 Å². The summed E-state index contributed by atoms with van der Waals surface area (Å²) in [5, 5.41) is -0.203. The lowest BCUT2D eigenvalue weighted by Gasteiger charge is -2.13. The van der Waals surface area contributed by atoms with Gasteiger partial charge in [0.25, 0.3) is 0 Å². The zero-order valence-electron chi connectivity index (χ0n) is 16.8. The van der Waals surface area contributed by atoms with Crippen LogP contribution in [0.3, 0.4) is 0 Å². The molecule has 0 saturated heterocycles. The minimum atomic E-state index is -5.05. The monoisotopic (exact) mass is 540 g/mol. The van der Waals surface area contributed by atoms with E-state index >= 15 is 0 Å². The third kappa shape index (κ3) is 4.36. The van der Waals surface area contributed by atoms with Gasteiger partial charge in [-0.1, -0.05) is 29.8 Å². The highest BCUT2D eigenvalue weighted by molar-refractivity contribution is 7.87. The minimum Gasteiger partial charge on any atom is -0.372 e. The van der Waals surface area contributed by atoms with Gasteiger partial charge in [0.15, 0.2) is 0 Å². The molecule has 0 atom stereocenters. The highest BCUT2D eigenvalue weighted by Gasteiger charge is 2.33. The summed E-state index contributed by atoms with van der Waals surface area (Å²) in [5.74, 6) is -14.2. The molecule has 3 aromatic rings. The van der Waals surface area contributed by atoms with E-state index in [0.29, 0.717) is 16.7 Å². The van der Waals surface area contributed by atoms with Crippen LogP contribution in [0.4, 0.5) is 35.1 Å². The lowest BCUT2D eigenvalue weighted by atomic mass is 9.98. The summed E-state index contributed by atoms with van der Waals surface area (Å²) in [4.78, 5) is -0.659. The van der Waals surface area contributed by atoms with Gasteiger partial charge in [-0.3, -0.25) is 0 Å². The fraction of sp³-hybridized carbons (Fsp3) is 0.0909. The van der Waals surface area contributed by atoms with Crippen LogP contribution in [0, 0.1) is 29.1 Å². The van der Waals surface area contributed by atoms with Gasteiger partial charge in [0.05, 0.1) is 5.56 Å². The third-order valence-corrected chi connectivity index (χ3v) is 6.66. The molecule has 0 aliphatic heterocycles. The average molecular weight is 541 g/mol. The van der Waals surface area contributed by atoms with Crippen molar-refractivity contribution in [3.05, 3.63) is 98.8 Å². The van der Waals surface area contributed by atoms with Crippen LogP contribution in [0.1, 0.15) is 22.3 Å². The summed E-state index contributed by atoms with van der Waals surface area (Å²) in [6, 6.07) is 5.96. The third-order valence-electron chi connectivity index (χ3n) is 5.13. The lowest BCUT2D eigenvalue weighted by molar-refractivity contribution is -0.137. The Morgan fingerprint density at radius 2 is 1.37 bits per heavy atom. The standard InChI is InChI=1S/C22H9ClF8O3S/c23-15-8-10(22(29,30)31)2-5-14(15)13-4-1-9-7-11(3-6-12(9)13)35(32,33)34-21-19(27)17(25)16(24)18(26)20(21)28/h2-8H,1H2. The molecular weight excluding hydrogens is 532 g/mol. The molecular formula is C22H9ClF8O3S. The summed E-state index contributed by atoms with van der Waals surface area (Å²) in [6.07, 6.45) is -2.93. The van der Waals surface area contributed by atoms with Crippen molar-refractivity contribution in [2.24, 2.45) is 0 Å². The van der Waals surface area contributed by atoms with Crippen LogP contribution >= 0.6 is 11.6 Å². The van der Waals surface area contributed by atoms with E-state index in [1.54, 1.807) is 6.08 Å². The largest absolute Gasteiger partial charge is 0.416 e. The summed E-state index contributed by atoms with van der Waals surface area (Å²) >= 11 is 6.03. The molecule has 184 valence electrons. The first-order valence-electron chi connectivity index (χ1n) is 9.39. The molecule has 0 radical (unpaired) electrons. The second-order valence-electron chi connectivity index (χ2n) is 7.27. The smallest absolute Gasteiger partial charge is 0.372 e. The Labute approximate surface area is 197 Å². The van der Waals surface area contributed by atoms with Crippen molar-refractivity contribution < 1.29 is 47.7 Å². The highest BCUT2D eigenvalue weighted by atomic mass is 35.5. The van der Waals surface area contributed by atoms with E-state index in [9.17, 15) is 43.5 Å². The number of alkyl halides is 3. The van der Waals surface area contributed by atoms with Crippen LogP contribution in [0.15, 0.2) is 47.4 Å². The zero-order valence-corrected chi connectivity index (χ0v) is 18.4. The molecule has 0 heterocycles. The molecule has 0 amide bonds. The SMILES string of the molecule is O=S(=O)(Oc1c(F)c(F)c(F)c(F)c1F)c1ccc2c(c1)CC=C2c1ccc(C(F)(F)F)cc1Cl. The maximum Gasteiger partial charge on any atom is 0.416 e. The Morgan fingerprint density at radius 3 is 1.94 bits per heavy atom. The van der Waals surface area contributed by atoms with Gasteiger partial charge in [-0.25, -0.2) is 13.2 Å². The molecule has 0 N–H and O–H groups in total. The van der Waals surface area contributed by atoms with Crippen molar-refractivity contribution in [2.45, 2.75) is 17.5 Å². The van der Waals surface area contributed by atoms with Crippen molar-refractivity contribution in [1.82, 2.24) is 0 Å². The highest BCUT2D eigenvalue weighted by Crippen LogP contribution is 2.40. The lowest BCUT2D eigenvalue weighted by Crippen LogP contribution is -2.14. The van der Waals surface area contributed by atoms with E-state index in [4.69, 9.17) is 11.6 Å². The number of fused-ring (bicyclic) bond motifs is 1. The van der Waals surface area contributed by atoms with Crippen LogP contribution in [-0.2, 0) is 22.7 Å². The van der Waals surface area contributed by atoms with Gasteiger partial charge in [0.2, 0.25) is 34.8 Å². The van der Waals surface area contributed by atoms with Crippen molar-refractivity contribution in [1.29, 1.82) is 0 Å². The van der Waals surface area contributed by atoms with Crippen molar-refractivity contribution in [3.8, 4) is 5.75 Å². The second kappa shape index (κ2) is 8.52. The molecule has 3 nitrogen and oxygen atoms in total. The topological polar surface area (TPSA) is 43.4 Å². The molecule has 0 spiro atoms. The predicted molar refractivity (Wildman–Crippen MR) is 108 cm³/mol. The Kier molecular flexibility index (Phi) is 6.08. The first-order chi connectivity index (χ1) is 16.2. The van der Waals surface area contributed by atoms with E-state index in [2.05, 4.69) is 4.18 Å². The Morgan fingerprint density at radius 1 is 0.800 bits per heavy atom. The molecule has 0 aromatic heterocycles. The molecule has 1 aliphatic carbocycles. The number of hydrogen-bond donors (Lipinski definition) is 0. The minimum absolute atomic E-state index is 0.105. The molecule has 0 saturated carbocycles. The molecule has 35 heavy (non-hydrogen) atoms. The summed E-state index contributed by atoms with van der Waals surface area (Å²) in [6.45, 7) is 0. The molecule has 0 fully saturated rings. The molecule has 1 aliphatic rings. The number of benzene rings is 3. The van der Waals surface area contributed by atoms with E-state index in [-0.39, 0.29) is 17.0 Å². The molecule has 4 rings (SSSR count). The summed E-state index contributed by atoms with van der Waals surface area (Å²) in [5.41, 5.74) is 0.423. The van der Waals surface area contributed by atoms with Crippen molar-refractivity contribution >= 4 is 27.3 Å². The summed E-state index contributed by atoms with van der Waals surface area (Å²) < 4.78 is 136. The van der Waals surface area contributed by atoms with E-state index in [1.165, 1.54) is 6.07 Å². The van der Waals surface area contributed by atoms with Crippen LogP contribution in [-0.4, -0.2) is 8.42 Å². The van der Waals surface area contributed by atoms with Gasteiger partial charge >= 0.3 is 16.3 Å². The van der Waals surface area contributed by atoms with Gasteiger partial charge in [-0.2, -0.15) is 30.4 Å². The maximum absolute atomic E-state index is 13.8. The zero-order chi connectivity index (χ0) is 25.9. The van der Waals surface area contributed by atoms with Gasteiger partial charge in [-0.05, 0) is 47.4 Å². The maximum atomic E-state index is 13.8. The van der Waals surface area contributed by atoms with Gasteiger partial charge < -0.3 is 4.18 Å².